The predicted molar refractivity (Wildman–Crippen MR) is 80.7 cm³/mol. The average Bonchev–Trinajstić information content (AvgIpc) is 2.75. The Kier molecular flexibility index (Phi) is 3.84. The molecule has 0 saturated carbocycles. The van der Waals surface area contributed by atoms with Gasteiger partial charge in [-0.2, -0.15) is 0 Å². The molecule has 3 nitrogen and oxygen atoms in total. The maximum atomic E-state index is 6.20. The van der Waals surface area contributed by atoms with Crippen molar-refractivity contribution in [3.05, 3.63) is 40.4 Å². The molecule has 1 aromatic heterocycles. The second-order valence-electron chi connectivity index (χ2n) is 4.85. The molecule has 0 radical (unpaired) electrons. The molecule has 0 atom stereocenters. The maximum Gasteiger partial charge on any atom is 0.125 e. The summed E-state index contributed by atoms with van der Waals surface area (Å²) in [6, 6.07) is 8.51. The van der Waals surface area contributed by atoms with Gasteiger partial charge in [-0.3, -0.25) is 4.90 Å². The van der Waals surface area contributed by atoms with Gasteiger partial charge >= 0.3 is 0 Å². The SMILES string of the molecule is CN(Cc1csc(-c2ccccc2Cl)n1)C1CNC1. The summed E-state index contributed by atoms with van der Waals surface area (Å²) in [6.45, 7) is 3.06. The summed E-state index contributed by atoms with van der Waals surface area (Å²) in [4.78, 5) is 7.04. The monoisotopic (exact) mass is 293 g/mol. The van der Waals surface area contributed by atoms with Gasteiger partial charge in [0.15, 0.2) is 0 Å². The smallest absolute Gasteiger partial charge is 0.125 e. The van der Waals surface area contributed by atoms with E-state index in [0.29, 0.717) is 6.04 Å². The van der Waals surface area contributed by atoms with E-state index in [1.54, 1.807) is 11.3 Å². The Morgan fingerprint density at radius 1 is 1.42 bits per heavy atom. The van der Waals surface area contributed by atoms with Crippen molar-refractivity contribution in [2.24, 2.45) is 0 Å². The number of nitrogens with one attached hydrogen (secondary N) is 1. The van der Waals surface area contributed by atoms with E-state index in [9.17, 15) is 0 Å². The maximum absolute atomic E-state index is 6.20. The van der Waals surface area contributed by atoms with E-state index in [-0.39, 0.29) is 0 Å². The van der Waals surface area contributed by atoms with Gasteiger partial charge in [-0.15, -0.1) is 11.3 Å². The molecule has 0 unspecified atom stereocenters. The van der Waals surface area contributed by atoms with Crippen molar-refractivity contribution in [3.63, 3.8) is 0 Å². The van der Waals surface area contributed by atoms with Crippen molar-refractivity contribution in [2.45, 2.75) is 12.6 Å². The number of likely N-dealkylation sites (N-methyl/N-ethyl adjacent to an activating group) is 1. The summed E-state index contributed by atoms with van der Waals surface area (Å²) < 4.78 is 0. The molecule has 1 aromatic carbocycles. The Morgan fingerprint density at radius 2 is 2.21 bits per heavy atom. The molecular formula is C14H16ClN3S. The van der Waals surface area contributed by atoms with E-state index in [4.69, 9.17) is 16.6 Å². The third-order valence-corrected chi connectivity index (χ3v) is 4.70. The number of hydrogen-bond acceptors (Lipinski definition) is 4. The van der Waals surface area contributed by atoms with Crippen LogP contribution in [0.5, 0.6) is 0 Å². The number of hydrogen-bond donors (Lipinski definition) is 1. The molecule has 19 heavy (non-hydrogen) atoms. The molecule has 1 aliphatic heterocycles. The molecule has 0 aliphatic carbocycles. The van der Waals surface area contributed by atoms with Crippen LogP contribution in [0.25, 0.3) is 10.6 Å². The molecule has 0 bridgehead atoms. The lowest BCUT2D eigenvalue weighted by atomic mass is 10.1. The Morgan fingerprint density at radius 3 is 2.89 bits per heavy atom. The van der Waals surface area contributed by atoms with Gasteiger partial charge < -0.3 is 5.32 Å². The lowest BCUT2D eigenvalue weighted by molar-refractivity contribution is 0.171. The summed E-state index contributed by atoms with van der Waals surface area (Å²) in [5, 5.41) is 7.18. The fourth-order valence-electron chi connectivity index (χ4n) is 2.11. The van der Waals surface area contributed by atoms with Crippen LogP contribution in [0.15, 0.2) is 29.6 Å². The predicted octanol–water partition coefficient (Wildman–Crippen LogP) is 2.87. The van der Waals surface area contributed by atoms with E-state index in [1.807, 2.05) is 24.3 Å². The molecular weight excluding hydrogens is 278 g/mol. The first-order valence-electron chi connectivity index (χ1n) is 6.34. The number of thiazole rings is 1. The number of aromatic nitrogens is 1. The highest BCUT2D eigenvalue weighted by atomic mass is 35.5. The summed E-state index contributed by atoms with van der Waals surface area (Å²) in [7, 11) is 2.15. The molecule has 0 spiro atoms. The van der Waals surface area contributed by atoms with Crippen molar-refractivity contribution in [3.8, 4) is 10.6 Å². The molecule has 3 rings (SSSR count). The van der Waals surface area contributed by atoms with Gasteiger partial charge in [0.05, 0.1) is 10.7 Å². The molecule has 1 fully saturated rings. The minimum Gasteiger partial charge on any atom is -0.314 e. The lowest BCUT2D eigenvalue weighted by Gasteiger charge is -2.35. The highest BCUT2D eigenvalue weighted by molar-refractivity contribution is 7.13. The fraction of sp³-hybridized carbons (Fsp3) is 0.357. The van der Waals surface area contributed by atoms with Crippen molar-refractivity contribution in [1.82, 2.24) is 15.2 Å². The van der Waals surface area contributed by atoms with Crippen LogP contribution in [0.4, 0.5) is 0 Å². The van der Waals surface area contributed by atoms with E-state index in [2.05, 4.69) is 22.6 Å². The quantitative estimate of drug-likeness (QED) is 0.939. The van der Waals surface area contributed by atoms with Crippen molar-refractivity contribution < 1.29 is 0 Å². The van der Waals surface area contributed by atoms with Crippen LogP contribution in [0.1, 0.15) is 5.69 Å². The van der Waals surface area contributed by atoms with Crippen LogP contribution in [-0.2, 0) is 6.54 Å². The van der Waals surface area contributed by atoms with E-state index in [1.165, 1.54) is 0 Å². The minimum absolute atomic E-state index is 0.644. The summed E-state index contributed by atoms with van der Waals surface area (Å²) in [6.07, 6.45) is 0. The highest BCUT2D eigenvalue weighted by Crippen LogP contribution is 2.30. The van der Waals surface area contributed by atoms with E-state index >= 15 is 0 Å². The van der Waals surface area contributed by atoms with E-state index < -0.39 is 0 Å². The Hall–Kier alpha value is -0.940. The third kappa shape index (κ3) is 2.82. The second-order valence-corrected chi connectivity index (χ2v) is 6.12. The van der Waals surface area contributed by atoms with Crippen LogP contribution in [0, 0.1) is 0 Å². The molecule has 5 heteroatoms. The van der Waals surface area contributed by atoms with Crippen molar-refractivity contribution >= 4 is 22.9 Å². The van der Waals surface area contributed by atoms with Gasteiger partial charge in [-0.05, 0) is 13.1 Å². The zero-order valence-electron chi connectivity index (χ0n) is 10.8. The number of rotatable bonds is 4. The fourth-order valence-corrected chi connectivity index (χ4v) is 3.24. The van der Waals surface area contributed by atoms with Crippen molar-refractivity contribution in [2.75, 3.05) is 20.1 Å². The van der Waals surface area contributed by atoms with Gasteiger partial charge in [-0.25, -0.2) is 4.98 Å². The molecule has 1 saturated heterocycles. The largest absolute Gasteiger partial charge is 0.314 e. The summed E-state index contributed by atoms with van der Waals surface area (Å²) >= 11 is 7.86. The molecule has 100 valence electrons. The van der Waals surface area contributed by atoms with Crippen LogP contribution < -0.4 is 5.32 Å². The van der Waals surface area contributed by atoms with Gasteiger partial charge in [0, 0.05) is 36.6 Å². The third-order valence-electron chi connectivity index (χ3n) is 3.45. The number of halogens is 1. The zero-order valence-corrected chi connectivity index (χ0v) is 12.3. The van der Waals surface area contributed by atoms with Crippen LogP contribution in [0.2, 0.25) is 5.02 Å². The Labute approximate surface area is 122 Å². The number of nitrogens with zero attached hydrogens (tertiary/aromatic N) is 2. The van der Waals surface area contributed by atoms with Gasteiger partial charge in [0.1, 0.15) is 5.01 Å². The highest BCUT2D eigenvalue weighted by Gasteiger charge is 2.22. The topological polar surface area (TPSA) is 28.2 Å². The normalized spacial score (nSPS) is 15.7. The van der Waals surface area contributed by atoms with Crippen molar-refractivity contribution in [1.29, 1.82) is 0 Å². The molecule has 2 heterocycles. The zero-order chi connectivity index (χ0) is 13.2. The summed E-state index contributed by atoms with van der Waals surface area (Å²) in [5.74, 6) is 0. The first kappa shape index (κ1) is 13.1. The minimum atomic E-state index is 0.644. The molecule has 1 N–H and O–H groups in total. The standard InChI is InChI=1S/C14H16ClN3S/c1-18(11-6-16-7-11)8-10-9-19-14(17-10)12-4-2-3-5-13(12)15/h2-5,9,11,16H,6-8H2,1H3. The average molecular weight is 294 g/mol. The van der Waals surface area contributed by atoms with E-state index in [0.717, 1.165) is 40.9 Å². The van der Waals surface area contributed by atoms with Gasteiger partial charge in [0.25, 0.3) is 0 Å². The lowest BCUT2D eigenvalue weighted by Crippen LogP contribution is -2.55. The van der Waals surface area contributed by atoms with Crippen LogP contribution in [-0.4, -0.2) is 36.1 Å². The first-order chi connectivity index (χ1) is 9.24. The Balaban J connectivity index is 1.74. The van der Waals surface area contributed by atoms with Gasteiger partial charge in [-0.1, -0.05) is 29.8 Å². The molecule has 1 aliphatic rings. The summed E-state index contributed by atoms with van der Waals surface area (Å²) in [5.41, 5.74) is 2.14. The van der Waals surface area contributed by atoms with Crippen LogP contribution >= 0.6 is 22.9 Å². The molecule has 2 aromatic rings. The number of benzene rings is 1. The van der Waals surface area contributed by atoms with Gasteiger partial charge in [0.2, 0.25) is 0 Å². The van der Waals surface area contributed by atoms with Crippen LogP contribution in [0.3, 0.4) is 0 Å². The molecule has 0 amide bonds. The first-order valence-corrected chi connectivity index (χ1v) is 7.60. The second kappa shape index (κ2) is 5.59. The Bertz CT molecular complexity index is 565.